The van der Waals surface area contributed by atoms with Gasteiger partial charge in [0.2, 0.25) is 5.91 Å². The zero-order valence-corrected chi connectivity index (χ0v) is 13.6. The number of nitrogens with two attached hydrogens (primary N) is 1. The minimum atomic E-state index is -2.83. The molecule has 1 fully saturated rings. The van der Waals surface area contributed by atoms with E-state index in [1.165, 1.54) is 12.1 Å². The largest absolute Gasteiger partial charge is 0.435 e. The molecular formula is C17H24F2N2O2. The second-order valence-corrected chi connectivity index (χ2v) is 6.52. The monoisotopic (exact) mass is 326 g/mol. The number of amides is 1. The highest BCUT2D eigenvalue weighted by Gasteiger charge is 2.38. The molecule has 0 bridgehead atoms. The maximum absolute atomic E-state index is 12.7. The highest BCUT2D eigenvalue weighted by Crippen LogP contribution is 2.33. The van der Waals surface area contributed by atoms with E-state index in [0.29, 0.717) is 6.54 Å². The summed E-state index contributed by atoms with van der Waals surface area (Å²) in [5, 5.41) is 0. The van der Waals surface area contributed by atoms with Gasteiger partial charge in [0.1, 0.15) is 5.75 Å². The predicted octanol–water partition coefficient (Wildman–Crippen LogP) is 3.15. The third kappa shape index (κ3) is 4.64. The number of ether oxygens (including phenoxy) is 1. The molecule has 6 heteroatoms. The Labute approximate surface area is 135 Å². The van der Waals surface area contributed by atoms with Crippen molar-refractivity contribution in [3.63, 3.8) is 0 Å². The van der Waals surface area contributed by atoms with E-state index in [2.05, 4.69) is 4.74 Å². The van der Waals surface area contributed by atoms with Gasteiger partial charge in [-0.15, -0.1) is 0 Å². The lowest BCUT2D eigenvalue weighted by Crippen LogP contribution is -2.53. The lowest BCUT2D eigenvalue weighted by atomic mass is 9.74. The number of carbonyl (C=O) groups is 1. The molecule has 0 spiro atoms. The molecule has 0 radical (unpaired) electrons. The maximum atomic E-state index is 12.7. The predicted molar refractivity (Wildman–Crippen MR) is 84.1 cm³/mol. The molecule has 1 aliphatic carbocycles. The van der Waals surface area contributed by atoms with Gasteiger partial charge in [0.05, 0.1) is 5.92 Å². The molecule has 1 aromatic carbocycles. The van der Waals surface area contributed by atoms with Gasteiger partial charge in [0.15, 0.2) is 0 Å². The molecule has 0 heterocycles. The number of hydrogen-bond donors (Lipinski definition) is 1. The molecule has 1 aliphatic rings. The minimum Gasteiger partial charge on any atom is -0.435 e. The second-order valence-electron chi connectivity index (χ2n) is 6.52. The molecule has 0 aromatic heterocycles. The first-order valence-corrected chi connectivity index (χ1v) is 7.87. The normalized spacial score (nSPS) is 24.5. The summed E-state index contributed by atoms with van der Waals surface area (Å²) < 4.78 is 28.6. The first kappa shape index (κ1) is 17.7. The number of benzene rings is 1. The van der Waals surface area contributed by atoms with Gasteiger partial charge < -0.3 is 15.4 Å². The average Bonchev–Trinajstić information content (AvgIpc) is 2.47. The zero-order chi connectivity index (χ0) is 17.0. The molecule has 2 N–H and O–H groups in total. The van der Waals surface area contributed by atoms with Crippen molar-refractivity contribution < 1.29 is 18.3 Å². The Hall–Kier alpha value is -1.69. The van der Waals surface area contributed by atoms with Gasteiger partial charge in [-0.1, -0.05) is 25.0 Å². The molecule has 0 aliphatic heterocycles. The Balaban J connectivity index is 1.97. The average molecular weight is 326 g/mol. The van der Waals surface area contributed by atoms with Crippen LogP contribution in [0.3, 0.4) is 0 Å². The molecule has 128 valence electrons. The Kier molecular flexibility index (Phi) is 5.57. The summed E-state index contributed by atoms with van der Waals surface area (Å²) >= 11 is 0. The summed E-state index contributed by atoms with van der Waals surface area (Å²) in [6.45, 7) is -0.474. The lowest BCUT2D eigenvalue weighted by Gasteiger charge is -2.39. The van der Waals surface area contributed by atoms with Gasteiger partial charge in [-0.05, 0) is 37.5 Å². The van der Waals surface area contributed by atoms with Crippen LogP contribution in [0.25, 0.3) is 0 Å². The van der Waals surface area contributed by atoms with Crippen LogP contribution in [0.4, 0.5) is 8.78 Å². The highest BCUT2D eigenvalue weighted by atomic mass is 19.3. The van der Waals surface area contributed by atoms with Gasteiger partial charge in [-0.25, -0.2) is 0 Å². The fraction of sp³-hybridized carbons (Fsp3) is 0.588. The van der Waals surface area contributed by atoms with E-state index < -0.39 is 12.2 Å². The number of rotatable bonds is 5. The molecule has 2 atom stereocenters. The van der Waals surface area contributed by atoms with Crippen molar-refractivity contribution in [1.29, 1.82) is 0 Å². The van der Waals surface area contributed by atoms with E-state index in [1.807, 2.05) is 6.92 Å². The van der Waals surface area contributed by atoms with Gasteiger partial charge in [-0.3, -0.25) is 4.79 Å². The van der Waals surface area contributed by atoms with Crippen molar-refractivity contribution in [3.8, 4) is 5.75 Å². The molecule has 2 rings (SSSR count). The Morgan fingerprint density at radius 2 is 2.04 bits per heavy atom. The lowest BCUT2D eigenvalue weighted by molar-refractivity contribution is -0.138. The standard InChI is InChI=1S/C17H24F2N2O2/c1-17(20)10-4-3-5-14(17)15(22)21(2)11-12-6-8-13(9-7-12)23-16(18)19/h6-9,14,16H,3-5,10-11,20H2,1-2H3. The second kappa shape index (κ2) is 7.25. The van der Waals surface area contributed by atoms with Crippen LogP contribution in [-0.4, -0.2) is 30.0 Å². The first-order valence-electron chi connectivity index (χ1n) is 7.87. The molecule has 2 unspecified atom stereocenters. The van der Waals surface area contributed by atoms with Crippen LogP contribution in [-0.2, 0) is 11.3 Å². The summed E-state index contributed by atoms with van der Waals surface area (Å²) in [5.74, 6) is -0.00941. The van der Waals surface area contributed by atoms with Gasteiger partial charge in [0.25, 0.3) is 0 Å². The smallest absolute Gasteiger partial charge is 0.387 e. The van der Waals surface area contributed by atoms with E-state index in [4.69, 9.17) is 5.73 Å². The highest BCUT2D eigenvalue weighted by molar-refractivity contribution is 5.80. The van der Waals surface area contributed by atoms with Crippen LogP contribution >= 0.6 is 0 Å². The molecular weight excluding hydrogens is 302 g/mol. The van der Waals surface area contributed by atoms with Crippen molar-refractivity contribution >= 4 is 5.91 Å². The number of nitrogens with zero attached hydrogens (tertiary/aromatic N) is 1. The van der Waals surface area contributed by atoms with E-state index in [1.54, 1.807) is 24.1 Å². The Morgan fingerprint density at radius 1 is 1.39 bits per heavy atom. The van der Waals surface area contributed by atoms with Gasteiger partial charge in [-0.2, -0.15) is 8.78 Å². The minimum absolute atomic E-state index is 0.0441. The van der Waals surface area contributed by atoms with Gasteiger partial charge in [0, 0.05) is 19.1 Å². The van der Waals surface area contributed by atoms with E-state index in [0.717, 1.165) is 31.2 Å². The summed E-state index contributed by atoms with van der Waals surface area (Å²) in [5.41, 5.74) is 6.68. The van der Waals surface area contributed by atoms with E-state index in [-0.39, 0.29) is 17.6 Å². The molecule has 0 saturated heterocycles. The quantitative estimate of drug-likeness (QED) is 0.904. The Bertz CT molecular complexity index is 532. The van der Waals surface area contributed by atoms with E-state index >= 15 is 0 Å². The summed E-state index contributed by atoms with van der Waals surface area (Å²) in [6.07, 6.45) is 3.76. The van der Waals surface area contributed by atoms with Crippen LogP contribution in [0.15, 0.2) is 24.3 Å². The van der Waals surface area contributed by atoms with Crippen LogP contribution in [0.2, 0.25) is 0 Å². The number of hydrogen-bond acceptors (Lipinski definition) is 3. The zero-order valence-electron chi connectivity index (χ0n) is 13.6. The number of carbonyl (C=O) groups excluding carboxylic acids is 1. The fourth-order valence-electron chi connectivity index (χ4n) is 3.16. The Morgan fingerprint density at radius 3 is 2.61 bits per heavy atom. The van der Waals surface area contributed by atoms with Crippen LogP contribution in [0.1, 0.15) is 38.2 Å². The van der Waals surface area contributed by atoms with Crippen molar-refractivity contribution in [2.24, 2.45) is 11.7 Å². The van der Waals surface area contributed by atoms with Crippen molar-refractivity contribution in [3.05, 3.63) is 29.8 Å². The molecule has 23 heavy (non-hydrogen) atoms. The number of alkyl halides is 2. The molecule has 4 nitrogen and oxygen atoms in total. The molecule has 1 aromatic rings. The van der Waals surface area contributed by atoms with Crippen LogP contribution < -0.4 is 10.5 Å². The summed E-state index contributed by atoms with van der Waals surface area (Å²) in [4.78, 5) is 14.3. The van der Waals surface area contributed by atoms with Crippen molar-refractivity contribution in [1.82, 2.24) is 4.90 Å². The number of halogens is 2. The van der Waals surface area contributed by atoms with Crippen LogP contribution in [0.5, 0.6) is 5.75 Å². The molecule has 1 amide bonds. The van der Waals surface area contributed by atoms with Crippen molar-refractivity contribution in [2.75, 3.05) is 7.05 Å². The third-order valence-corrected chi connectivity index (χ3v) is 4.50. The third-order valence-electron chi connectivity index (χ3n) is 4.50. The fourth-order valence-corrected chi connectivity index (χ4v) is 3.16. The topological polar surface area (TPSA) is 55.6 Å². The summed E-state index contributed by atoms with van der Waals surface area (Å²) in [7, 11) is 1.75. The van der Waals surface area contributed by atoms with Crippen LogP contribution in [0, 0.1) is 5.92 Å². The SMILES string of the molecule is CN(Cc1ccc(OC(F)F)cc1)C(=O)C1CCCCC1(C)N. The molecule has 1 saturated carbocycles. The van der Waals surface area contributed by atoms with Gasteiger partial charge >= 0.3 is 6.61 Å². The van der Waals surface area contributed by atoms with Crippen molar-refractivity contribution in [2.45, 2.75) is 51.3 Å². The summed E-state index contributed by atoms with van der Waals surface area (Å²) in [6, 6.07) is 6.33. The maximum Gasteiger partial charge on any atom is 0.387 e. The first-order chi connectivity index (χ1) is 10.8. The van der Waals surface area contributed by atoms with E-state index in [9.17, 15) is 13.6 Å².